The third kappa shape index (κ3) is 1.99. The van der Waals surface area contributed by atoms with Gasteiger partial charge in [-0.15, -0.1) is 0 Å². The summed E-state index contributed by atoms with van der Waals surface area (Å²) in [7, 11) is 0. The SMILES string of the molecule is Cc1ccc(N2C=CNC2C(C)C)cc1. The van der Waals surface area contributed by atoms with Crippen molar-refractivity contribution in [2.45, 2.75) is 26.9 Å². The molecule has 1 aliphatic rings. The van der Waals surface area contributed by atoms with Gasteiger partial charge in [-0.25, -0.2) is 0 Å². The van der Waals surface area contributed by atoms with E-state index < -0.39 is 0 Å². The van der Waals surface area contributed by atoms with Gasteiger partial charge in [0.1, 0.15) is 6.17 Å². The van der Waals surface area contributed by atoms with E-state index in [0.717, 1.165) is 0 Å². The summed E-state index contributed by atoms with van der Waals surface area (Å²) < 4.78 is 0. The monoisotopic (exact) mass is 202 g/mol. The Balaban J connectivity index is 2.22. The summed E-state index contributed by atoms with van der Waals surface area (Å²) in [5, 5.41) is 3.36. The van der Waals surface area contributed by atoms with Crippen LogP contribution < -0.4 is 10.2 Å². The molecule has 0 spiro atoms. The average molecular weight is 202 g/mol. The highest BCUT2D eigenvalue weighted by Gasteiger charge is 2.22. The molecule has 80 valence electrons. The van der Waals surface area contributed by atoms with Gasteiger partial charge in [-0.2, -0.15) is 0 Å². The zero-order valence-corrected chi connectivity index (χ0v) is 9.57. The standard InChI is InChI=1S/C13H18N2/c1-10(2)13-14-8-9-15(13)12-6-4-11(3)5-7-12/h4-10,13-14H,1-3H3. The molecule has 0 saturated carbocycles. The molecule has 2 nitrogen and oxygen atoms in total. The summed E-state index contributed by atoms with van der Waals surface area (Å²) in [6.45, 7) is 6.57. The molecule has 1 heterocycles. The van der Waals surface area contributed by atoms with Crippen molar-refractivity contribution in [3.05, 3.63) is 42.2 Å². The van der Waals surface area contributed by atoms with Crippen LogP contribution in [0.2, 0.25) is 0 Å². The Morgan fingerprint density at radius 2 is 1.87 bits per heavy atom. The zero-order valence-electron chi connectivity index (χ0n) is 9.57. The van der Waals surface area contributed by atoms with Crippen LogP contribution in [0.25, 0.3) is 0 Å². The van der Waals surface area contributed by atoms with Crippen molar-refractivity contribution in [2.75, 3.05) is 4.90 Å². The van der Waals surface area contributed by atoms with E-state index in [1.54, 1.807) is 0 Å². The van der Waals surface area contributed by atoms with Crippen LogP contribution in [0.5, 0.6) is 0 Å². The lowest BCUT2D eigenvalue weighted by atomic mass is 10.1. The molecule has 0 radical (unpaired) electrons. The fourth-order valence-corrected chi connectivity index (χ4v) is 1.87. The van der Waals surface area contributed by atoms with E-state index in [1.807, 2.05) is 6.20 Å². The average Bonchev–Trinajstić information content (AvgIpc) is 2.67. The molecule has 15 heavy (non-hydrogen) atoms. The lowest BCUT2D eigenvalue weighted by Gasteiger charge is -2.28. The molecule has 1 aromatic rings. The van der Waals surface area contributed by atoms with Crippen LogP contribution in [0.4, 0.5) is 5.69 Å². The molecule has 0 fully saturated rings. The lowest BCUT2D eigenvalue weighted by molar-refractivity contribution is 0.463. The van der Waals surface area contributed by atoms with Crippen LogP contribution >= 0.6 is 0 Å². The van der Waals surface area contributed by atoms with Gasteiger partial charge in [0, 0.05) is 18.1 Å². The minimum absolute atomic E-state index is 0.382. The third-order valence-corrected chi connectivity index (χ3v) is 2.77. The zero-order chi connectivity index (χ0) is 10.8. The van der Waals surface area contributed by atoms with Crippen LogP contribution in [-0.2, 0) is 0 Å². The van der Waals surface area contributed by atoms with E-state index in [1.165, 1.54) is 11.3 Å². The molecule has 2 heteroatoms. The smallest absolute Gasteiger partial charge is 0.105 e. The number of nitrogens with zero attached hydrogens (tertiary/aromatic N) is 1. The second-order valence-corrected chi connectivity index (χ2v) is 4.41. The van der Waals surface area contributed by atoms with Crippen LogP contribution in [0.3, 0.4) is 0 Å². The van der Waals surface area contributed by atoms with Crippen molar-refractivity contribution in [1.29, 1.82) is 0 Å². The number of nitrogens with one attached hydrogen (secondary N) is 1. The van der Waals surface area contributed by atoms with Crippen LogP contribution in [-0.4, -0.2) is 6.17 Å². The largest absolute Gasteiger partial charge is 0.369 e. The van der Waals surface area contributed by atoms with Crippen molar-refractivity contribution >= 4 is 5.69 Å². The number of aryl methyl sites for hydroxylation is 1. The summed E-state index contributed by atoms with van der Waals surface area (Å²) in [4.78, 5) is 2.28. The molecule has 1 atom stereocenters. The van der Waals surface area contributed by atoms with E-state index in [0.29, 0.717) is 12.1 Å². The van der Waals surface area contributed by atoms with Gasteiger partial charge in [0.05, 0.1) is 0 Å². The summed E-state index contributed by atoms with van der Waals surface area (Å²) in [5.41, 5.74) is 2.55. The molecule has 0 aliphatic carbocycles. The van der Waals surface area contributed by atoms with Crippen LogP contribution in [0.15, 0.2) is 36.7 Å². The fraction of sp³-hybridized carbons (Fsp3) is 0.385. The van der Waals surface area contributed by atoms with Gasteiger partial charge in [0.2, 0.25) is 0 Å². The molecule has 0 aromatic heterocycles. The van der Waals surface area contributed by atoms with Gasteiger partial charge in [0.25, 0.3) is 0 Å². The predicted octanol–water partition coefficient (Wildman–Crippen LogP) is 2.86. The van der Waals surface area contributed by atoms with Crippen molar-refractivity contribution < 1.29 is 0 Å². The topological polar surface area (TPSA) is 15.3 Å². The maximum atomic E-state index is 3.36. The summed E-state index contributed by atoms with van der Waals surface area (Å²) in [6, 6.07) is 8.64. The van der Waals surface area contributed by atoms with Gasteiger partial charge >= 0.3 is 0 Å². The first-order chi connectivity index (χ1) is 7.18. The molecule has 1 aromatic carbocycles. The summed E-state index contributed by atoms with van der Waals surface area (Å²) >= 11 is 0. The summed E-state index contributed by atoms with van der Waals surface area (Å²) in [6.07, 6.45) is 4.51. The van der Waals surface area contributed by atoms with E-state index in [2.05, 4.69) is 61.5 Å². The highest BCUT2D eigenvalue weighted by Crippen LogP contribution is 2.23. The number of anilines is 1. The molecule has 0 bridgehead atoms. The maximum absolute atomic E-state index is 3.36. The summed E-state index contributed by atoms with van der Waals surface area (Å²) in [5.74, 6) is 0.585. The Bertz CT molecular complexity index is 351. The first kappa shape index (κ1) is 10.1. The lowest BCUT2D eigenvalue weighted by Crippen LogP contribution is -2.39. The number of hydrogen-bond acceptors (Lipinski definition) is 2. The predicted molar refractivity (Wildman–Crippen MR) is 64.6 cm³/mol. The molecule has 2 rings (SSSR count). The van der Waals surface area contributed by atoms with Gasteiger partial charge < -0.3 is 10.2 Å². The maximum Gasteiger partial charge on any atom is 0.105 e. The first-order valence-corrected chi connectivity index (χ1v) is 5.46. The highest BCUT2D eigenvalue weighted by molar-refractivity contribution is 5.52. The van der Waals surface area contributed by atoms with Gasteiger partial charge in [0.15, 0.2) is 0 Å². The minimum atomic E-state index is 0.382. The first-order valence-electron chi connectivity index (χ1n) is 5.46. The van der Waals surface area contributed by atoms with Crippen molar-refractivity contribution in [2.24, 2.45) is 5.92 Å². The molecule has 0 saturated heterocycles. The minimum Gasteiger partial charge on any atom is -0.369 e. The Hall–Kier alpha value is -1.44. The van der Waals surface area contributed by atoms with Crippen molar-refractivity contribution in [3.8, 4) is 0 Å². The van der Waals surface area contributed by atoms with Crippen molar-refractivity contribution in [3.63, 3.8) is 0 Å². The highest BCUT2D eigenvalue weighted by atomic mass is 15.3. The molecule has 1 N–H and O–H groups in total. The Kier molecular flexibility index (Phi) is 2.67. The number of hydrogen-bond donors (Lipinski definition) is 1. The third-order valence-electron chi connectivity index (χ3n) is 2.77. The molecular formula is C13H18N2. The normalized spacial score (nSPS) is 19.7. The quantitative estimate of drug-likeness (QED) is 0.793. The van der Waals surface area contributed by atoms with Gasteiger partial charge in [-0.3, -0.25) is 0 Å². The number of rotatable bonds is 2. The second-order valence-electron chi connectivity index (χ2n) is 4.41. The van der Waals surface area contributed by atoms with Crippen LogP contribution in [0.1, 0.15) is 19.4 Å². The van der Waals surface area contributed by atoms with E-state index >= 15 is 0 Å². The number of benzene rings is 1. The van der Waals surface area contributed by atoms with Gasteiger partial charge in [-0.05, 0) is 25.0 Å². The Morgan fingerprint density at radius 3 is 2.47 bits per heavy atom. The van der Waals surface area contributed by atoms with Gasteiger partial charge in [-0.1, -0.05) is 31.5 Å². The molecule has 1 aliphatic heterocycles. The fourth-order valence-electron chi connectivity index (χ4n) is 1.87. The van der Waals surface area contributed by atoms with E-state index in [4.69, 9.17) is 0 Å². The Morgan fingerprint density at radius 1 is 1.20 bits per heavy atom. The Labute approximate surface area is 91.6 Å². The van der Waals surface area contributed by atoms with E-state index in [-0.39, 0.29) is 0 Å². The van der Waals surface area contributed by atoms with E-state index in [9.17, 15) is 0 Å². The molecule has 0 amide bonds. The molecule has 1 unspecified atom stereocenters. The molecular weight excluding hydrogens is 184 g/mol. The van der Waals surface area contributed by atoms with Crippen molar-refractivity contribution in [1.82, 2.24) is 5.32 Å². The van der Waals surface area contributed by atoms with Crippen LogP contribution in [0, 0.1) is 12.8 Å². The second kappa shape index (κ2) is 3.97.